The van der Waals surface area contributed by atoms with Gasteiger partial charge in [-0.05, 0) is 25.8 Å². The summed E-state index contributed by atoms with van der Waals surface area (Å²) >= 11 is 0. The van der Waals surface area contributed by atoms with Crippen molar-refractivity contribution in [2.24, 2.45) is 0 Å². The molecule has 4 heteroatoms. The Morgan fingerprint density at radius 2 is 1.59 bits per heavy atom. The average molecular weight is 308 g/mol. The fraction of sp³-hybridized carbons (Fsp3) is 0.556. The van der Waals surface area contributed by atoms with Gasteiger partial charge in [0.05, 0.1) is 0 Å². The Morgan fingerprint density at radius 3 is 2.00 bits per heavy atom. The zero-order valence-corrected chi connectivity index (χ0v) is 14.7. The van der Waals surface area contributed by atoms with E-state index in [4.69, 9.17) is 0 Å². The molecule has 0 bridgehead atoms. The van der Waals surface area contributed by atoms with Crippen LogP contribution in [0.25, 0.3) is 0 Å². The third kappa shape index (κ3) is 16.2. The lowest BCUT2D eigenvalue weighted by molar-refractivity contribution is -0.120. The molecule has 2 N–H and O–H groups in total. The van der Waals surface area contributed by atoms with Crippen LogP contribution < -0.4 is 10.6 Å². The maximum absolute atomic E-state index is 10.5. The molecule has 4 nitrogen and oxygen atoms in total. The summed E-state index contributed by atoms with van der Waals surface area (Å²) in [6.45, 7) is 12.6. The van der Waals surface area contributed by atoms with Crippen LogP contribution in [-0.4, -0.2) is 17.9 Å². The third-order valence-electron chi connectivity index (χ3n) is 2.70. The van der Waals surface area contributed by atoms with Gasteiger partial charge in [-0.3, -0.25) is 9.59 Å². The smallest absolute Gasteiger partial charge is 0.221 e. The number of carbonyl (C=O) groups is 2. The molecule has 0 spiro atoms. The summed E-state index contributed by atoms with van der Waals surface area (Å²) in [5, 5.41) is 5.45. The maximum Gasteiger partial charge on any atom is 0.221 e. The highest BCUT2D eigenvalue weighted by molar-refractivity contribution is 5.75. The van der Waals surface area contributed by atoms with Crippen molar-refractivity contribution < 1.29 is 9.59 Å². The monoisotopic (exact) mass is 308 g/mol. The number of rotatable bonds is 4. The van der Waals surface area contributed by atoms with Gasteiger partial charge in [-0.1, -0.05) is 51.5 Å². The maximum atomic E-state index is 10.5. The molecule has 0 aliphatic heterocycles. The van der Waals surface area contributed by atoms with E-state index in [1.54, 1.807) is 13.0 Å². The van der Waals surface area contributed by atoms with Gasteiger partial charge in [-0.15, -0.1) is 0 Å². The predicted molar refractivity (Wildman–Crippen MR) is 94.3 cm³/mol. The molecule has 0 radical (unpaired) electrons. The number of amides is 2. The molecule has 1 aliphatic carbocycles. The molecule has 0 aromatic carbocycles. The van der Waals surface area contributed by atoms with Gasteiger partial charge in [-0.2, -0.15) is 0 Å². The van der Waals surface area contributed by atoms with Gasteiger partial charge >= 0.3 is 0 Å². The Labute approximate surface area is 135 Å². The first-order valence-corrected chi connectivity index (χ1v) is 7.98. The Bertz CT molecular complexity index is 379. The van der Waals surface area contributed by atoms with E-state index >= 15 is 0 Å². The summed E-state index contributed by atoms with van der Waals surface area (Å²) in [5.74, 6) is 0.0158. The summed E-state index contributed by atoms with van der Waals surface area (Å²) in [7, 11) is 0. The van der Waals surface area contributed by atoms with Gasteiger partial charge in [0, 0.05) is 25.6 Å². The summed E-state index contributed by atoms with van der Waals surface area (Å²) < 4.78 is 0. The highest BCUT2D eigenvalue weighted by atomic mass is 16.2. The van der Waals surface area contributed by atoms with Crippen molar-refractivity contribution in [3.05, 3.63) is 36.6 Å². The normalized spacial score (nSPS) is 13.9. The van der Waals surface area contributed by atoms with Gasteiger partial charge < -0.3 is 10.6 Å². The molecule has 1 fully saturated rings. The lowest BCUT2D eigenvalue weighted by atomic mass is 10.2. The van der Waals surface area contributed by atoms with Crippen LogP contribution in [0, 0.1) is 0 Å². The van der Waals surface area contributed by atoms with Gasteiger partial charge in [0.25, 0.3) is 0 Å². The highest BCUT2D eigenvalue weighted by Gasteiger charge is 2.14. The van der Waals surface area contributed by atoms with E-state index in [2.05, 4.69) is 17.2 Å². The van der Waals surface area contributed by atoms with Crippen LogP contribution >= 0.6 is 0 Å². The van der Waals surface area contributed by atoms with E-state index in [1.165, 1.54) is 32.6 Å². The van der Waals surface area contributed by atoms with Crippen molar-refractivity contribution in [3.63, 3.8) is 0 Å². The summed E-state index contributed by atoms with van der Waals surface area (Å²) in [5.41, 5.74) is 0.607. The standard InChI is InChI=1S/C9H13NO.C7H13NO.C2H6/c1-4-5-6-7-8(2)10-9(3)11;1-6(9)8-7-4-2-3-5-7;1-2/h4-7H,2H2,1,3H3,(H,10,11);7H,2-5H2,1H3,(H,8,9);1-2H3/b5-4-,7-6-;;. The van der Waals surface area contributed by atoms with E-state index in [0.717, 1.165) is 0 Å². The fourth-order valence-electron chi connectivity index (χ4n) is 1.91. The zero-order valence-electron chi connectivity index (χ0n) is 14.7. The van der Waals surface area contributed by atoms with Crippen molar-refractivity contribution in [1.82, 2.24) is 10.6 Å². The first-order valence-electron chi connectivity index (χ1n) is 7.98. The highest BCUT2D eigenvalue weighted by Crippen LogP contribution is 2.17. The second-order valence-electron chi connectivity index (χ2n) is 4.77. The first kappa shape index (κ1) is 22.4. The third-order valence-corrected chi connectivity index (χ3v) is 2.70. The molecule has 0 saturated heterocycles. The summed E-state index contributed by atoms with van der Waals surface area (Å²) in [4.78, 5) is 21.0. The average Bonchev–Trinajstić information content (AvgIpc) is 2.93. The number of nitrogens with one attached hydrogen (secondary N) is 2. The Morgan fingerprint density at radius 1 is 1.05 bits per heavy atom. The lowest BCUT2D eigenvalue weighted by Crippen LogP contribution is -2.30. The summed E-state index contributed by atoms with van der Waals surface area (Å²) in [6, 6.07) is 0.488. The number of carbonyl (C=O) groups excluding carboxylic acids is 2. The molecule has 1 saturated carbocycles. The van der Waals surface area contributed by atoms with Gasteiger partial charge in [0.1, 0.15) is 0 Å². The Kier molecular flexibility index (Phi) is 15.9. The van der Waals surface area contributed by atoms with E-state index < -0.39 is 0 Å². The minimum atomic E-state index is -0.0971. The zero-order chi connectivity index (χ0) is 17.4. The van der Waals surface area contributed by atoms with Crippen LogP contribution in [0.4, 0.5) is 0 Å². The Hall–Kier alpha value is -1.84. The molecule has 0 aromatic rings. The lowest BCUT2D eigenvalue weighted by Gasteiger charge is -2.07. The van der Waals surface area contributed by atoms with Crippen LogP contribution in [0.1, 0.15) is 60.3 Å². The SMILES string of the molecule is C=C(/C=C\C=C/C)NC(C)=O.CC.CC(=O)NC1CCCC1. The number of allylic oxidation sites excluding steroid dienone is 4. The molecule has 1 aliphatic rings. The largest absolute Gasteiger partial charge is 0.354 e. The van der Waals surface area contributed by atoms with Crippen LogP contribution in [0.3, 0.4) is 0 Å². The van der Waals surface area contributed by atoms with Gasteiger partial charge in [0.2, 0.25) is 11.8 Å². The van der Waals surface area contributed by atoms with E-state index in [-0.39, 0.29) is 11.8 Å². The molecular formula is C18H32N2O2. The van der Waals surface area contributed by atoms with Crippen molar-refractivity contribution >= 4 is 11.8 Å². The van der Waals surface area contributed by atoms with Crippen molar-refractivity contribution in [2.45, 2.75) is 66.3 Å². The van der Waals surface area contributed by atoms with Gasteiger partial charge in [0.15, 0.2) is 0 Å². The molecule has 126 valence electrons. The first-order chi connectivity index (χ1) is 10.5. The topological polar surface area (TPSA) is 58.2 Å². The molecule has 2 amide bonds. The van der Waals surface area contributed by atoms with Crippen LogP contribution in [-0.2, 0) is 9.59 Å². The minimum Gasteiger partial charge on any atom is -0.354 e. The second kappa shape index (κ2) is 15.5. The van der Waals surface area contributed by atoms with Crippen LogP contribution in [0.2, 0.25) is 0 Å². The molecule has 22 heavy (non-hydrogen) atoms. The Balaban J connectivity index is 0. The molecule has 0 aromatic heterocycles. The molecular weight excluding hydrogens is 276 g/mol. The molecule has 0 unspecified atom stereocenters. The fourth-order valence-corrected chi connectivity index (χ4v) is 1.91. The molecule has 1 rings (SSSR count). The van der Waals surface area contributed by atoms with E-state index in [9.17, 15) is 9.59 Å². The molecule has 0 heterocycles. The van der Waals surface area contributed by atoms with Crippen molar-refractivity contribution in [2.75, 3.05) is 0 Å². The van der Waals surface area contributed by atoms with Crippen LogP contribution in [0.5, 0.6) is 0 Å². The van der Waals surface area contributed by atoms with Crippen molar-refractivity contribution in [1.29, 1.82) is 0 Å². The van der Waals surface area contributed by atoms with Crippen molar-refractivity contribution in [3.8, 4) is 0 Å². The molecule has 0 atom stereocenters. The van der Waals surface area contributed by atoms with Gasteiger partial charge in [-0.25, -0.2) is 0 Å². The minimum absolute atomic E-state index is 0.0971. The van der Waals surface area contributed by atoms with Crippen LogP contribution in [0.15, 0.2) is 36.6 Å². The number of hydrogen-bond donors (Lipinski definition) is 2. The number of hydrogen-bond acceptors (Lipinski definition) is 2. The quantitative estimate of drug-likeness (QED) is 0.775. The summed E-state index contributed by atoms with van der Waals surface area (Å²) in [6.07, 6.45) is 12.2. The predicted octanol–water partition coefficient (Wildman–Crippen LogP) is 3.86. The van der Waals surface area contributed by atoms with E-state index in [1.807, 2.05) is 39.0 Å². The second-order valence-corrected chi connectivity index (χ2v) is 4.77. The van der Waals surface area contributed by atoms with E-state index in [0.29, 0.717) is 11.7 Å².